The van der Waals surface area contributed by atoms with Gasteiger partial charge in [0.15, 0.2) is 0 Å². The average molecular weight is 508 g/mol. The molecule has 0 aromatic carbocycles. The van der Waals surface area contributed by atoms with Crippen LogP contribution < -0.4 is 10.2 Å². The number of rotatable bonds is 5. The maximum atomic E-state index is 13.0. The molecule has 0 spiro atoms. The van der Waals surface area contributed by atoms with Crippen molar-refractivity contribution in [3.63, 3.8) is 0 Å². The molecule has 5 heterocycles. The Kier molecular flexibility index (Phi) is 6.27. The van der Waals surface area contributed by atoms with Crippen molar-refractivity contribution in [1.29, 1.82) is 0 Å². The van der Waals surface area contributed by atoms with E-state index in [1.54, 1.807) is 19.0 Å². The highest BCUT2D eigenvalue weighted by atomic mass is 32.1. The molecule has 0 radical (unpaired) electrons. The number of fused-ring (bicyclic) bond motifs is 2. The molecule has 36 heavy (non-hydrogen) atoms. The van der Waals surface area contributed by atoms with Crippen LogP contribution in [0.15, 0.2) is 24.5 Å². The highest BCUT2D eigenvalue weighted by Gasteiger charge is 2.35. The van der Waals surface area contributed by atoms with Gasteiger partial charge >= 0.3 is 0 Å². The summed E-state index contributed by atoms with van der Waals surface area (Å²) in [6.07, 6.45) is 8.95. The van der Waals surface area contributed by atoms with Crippen LogP contribution in [0.5, 0.6) is 0 Å². The minimum absolute atomic E-state index is 0.0413. The van der Waals surface area contributed by atoms with E-state index in [9.17, 15) is 9.90 Å². The van der Waals surface area contributed by atoms with Gasteiger partial charge < -0.3 is 20.2 Å². The maximum absolute atomic E-state index is 13.0. The molecule has 0 bridgehead atoms. The summed E-state index contributed by atoms with van der Waals surface area (Å²) in [5.74, 6) is 1.60. The van der Waals surface area contributed by atoms with Crippen LogP contribution in [0, 0.1) is 0 Å². The number of amides is 1. The molecule has 6 rings (SSSR count). The Hall–Kier alpha value is -2.82. The number of piperazine rings is 1. The summed E-state index contributed by atoms with van der Waals surface area (Å²) in [7, 11) is 3.60. The Morgan fingerprint density at radius 1 is 1.14 bits per heavy atom. The average Bonchev–Trinajstić information content (AvgIpc) is 3.60. The van der Waals surface area contributed by atoms with Crippen LogP contribution in [0.25, 0.3) is 10.2 Å². The van der Waals surface area contributed by atoms with Gasteiger partial charge in [-0.3, -0.25) is 9.69 Å². The number of hydrogen-bond acceptors (Lipinski definition) is 9. The van der Waals surface area contributed by atoms with E-state index < -0.39 is 0 Å². The van der Waals surface area contributed by atoms with Crippen molar-refractivity contribution in [3.05, 3.63) is 35.0 Å². The highest BCUT2D eigenvalue weighted by molar-refractivity contribution is 7.21. The van der Waals surface area contributed by atoms with Crippen molar-refractivity contribution in [1.82, 2.24) is 24.8 Å². The highest BCUT2D eigenvalue weighted by Crippen LogP contribution is 2.43. The van der Waals surface area contributed by atoms with Crippen LogP contribution in [0.1, 0.15) is 53.3 Å². The Morgan fingerprint density at radius 3 is 2.72 bits per heavy atom. The number of aromatic nitrogens is 3. The normalized spacial score (nSPS) is 22.8. The molecule has 1 amide bonds. The van der Waals surface area contributed by atoms with Crippen molar-refractivity contribution >= 4 is 44.9 Å². The van der Waals surface area contributed by atoms with Gasteiger partial charge in [0.1, 0.15) is 5.82 Å². The van der Waals surface area contributed by atoms with E-state index >= 15 is 0 Å². The number of nitrogens with zero attached hydrogens (tertiary/aromatic N) is 6. The predicted molar refractivity (Wildman–Crippen MR) is 142 cm³/mol. The largest absolute Gasteiger partial charge is 0.392 e. The number of hydrogen-bond donors (Lipinski definition) is 2. The fraction of sp³-hybridized carbons (Fsp3) is 0.538. The minimum Gasteiger partial charge on any atom is -0.392 e. The smallest absolute Gasteiger partial charge is 0.263 e. The van der Waals surface area contributed by atoms with Gasteiger partial charge in [-0.05, 0) is 37.3 Å². The number of carbonyl (C=O) groups excluding carboxylic acids is 1. The van der Waals surface area contributed by atoms with Crippen LogP contribution >= 0.6 is 11.3 Å². The Labute approximate surface area is 215 Å². The molecular weight excluding hydrogens is 474 g/mol. The van der Waals surface area contributed by atoms with Gasteiger partial charge in [-0.1, -0.05) is 12.8 Å². The zero-order valence-corrected chi connectivity index (χ0v) is 21.7. The van der Waals surface area contributed by atoms with Gasteiger partial charge in [0, 0.05) is 51.9 Å². The lowest BCUT2D eigenvalue weighted by Crippen LogP contribution is -2.50. The Bertz CT molecular complexity index is 1260. The Morgan fingerprint density at radius 2 is 1.97 bits per heavy atom. The van der Waals surface area contributed by atoms with E-state index in [4.69, 9.17) is 4.98 Å². The molecule has 9 nitrogen and oxygen atoms in total. The Balaban J connectivity index is 1.22. The number of nitrogens with one attached hydrogen (secondary N) is 1. The zero-order valence-electron chi connectivity index (χ0n) is 20.9. The van der Waals surface area contributed by atoms with Gasteiger partial charge in [0.05, 0.1) is 39.3 Å². The number of carbonyl (C=O) groups is 1. The molecule has 10 heteroatoms. The van der Waals surface area contributed by atoms with Crippen LogP contribution in [0.3, 0.4) is 0 Å². The summed E-state index contributed by atoms with van der Waals surface area (Å²) in [6.45, 7) is 3.62. The van der Waals surface area contributed by atoms with Gasteiger partial charge in [-0.15, -0.1) is 11.3 Å². The quantitative estimate of drug-likeness (QED) is 0.542. The summed E-state index contributed by atoms with van der Waals surface area (Å²) in [5, 5.41) is 13.2. The van der Waals surface area contributed by atoms with E-state index in [2.05, 4.69) is 31.2 Å². The van der Waals surface area contributed by atoms with Gasteiger partial charge in [0.25, 0.3) is 5.91 Å². The third-order valence-electron chi connectivity index (χ3n) is 7.78. The molecule has 1 aliphatic carbocycles. The summed E-state index contributed by atoms with van der Waals surface area (Å²) in [4.78, 5) is 34.2. The SMILES string of the molecule is CN(C)C(=O)c1sc2cnc(Nc3ccc(N4CCN5C[C@@H](O)C[C@@H]5C4)cn3)nc2c1C1CCCC1. The molecule has 2 atom stereocenters. The second kappa shape index (κ2) is 9.57. The zero-order chi connectivity index (χ0) is 24.8. The summed E-state index contributed by atoms with van der Waals surface area (Å²) in [6, 6.07) is 4.46. The molecule has 3 fully saturated rings. The lowest BCUT2D eigenvalue weighted by atomic mass is 9.96. The first-order valence-electron chi connectivity index (χ1n) is 12.9. The monoisotopic (exact) mass is 507 g/mol. The molecule has 0 unspecified atom stereocenters. The molecule has 1 saturated carbocycles. The molecule has 3 aromatic rings. The van der Waals surface area contributed by atoms with Crippen LogP contribution in [0.2, 0.25) is 0 Å². The molecule has 2 N–H and O–H groups in total. The topological polar surface area (TPSA) is 97.7 Å². The van der Waals surface area contributed by atoms with E-state index in [0.717, 1.165) is 71.8 Å². The van der Waals surface area contributed by atoms with Crippen molar-refractivity contribution in [3.8, 4) is 0 Å². The molecular formula is C26H33N7O2S. The number of aliphatic hydroxyl groups is 1. The standard InChI is InChI=1S/C26H33N7O2S/c1-31(2)25(35)24-22(16-5-3-4-6-16)23-20(36-24)13-28-26(30-23)29-21-8-7-17(12-27-21)32-9-10-33-15-19(34)11-18(33)14-32/h7-8,12-13,16,18-19,34H,3-6,9-11,14-15H2,1-2H3,(H,27,28,29,30)/t18-,19+/m1/s1. The first-order valence-corrected chi connectivity index (χ1v) is 13.7. The number of anilines is 3. The first kappa shape index (κ1) is 23.6. The second-order valence-electron chi connectivity index (χ2n) is 10.4. The van der Waals surface area contributed by atoms with Crippen LogP contribution in [-0.2, 0) is 0 Å². The second-order valence-corrected chi connectivity index (χ2v) is 11.5. The fourth-order valence-electron chi connectivity index (χ4n) is 5.94. The predicted octanol–water partition coefficient (Wildman–Crippen LogP) is 3.44. The van der Waals surface area contributed by atoms with E-state index in [0.29, 0.717) is 23.7 Å². The van der Waals surface area contributed by atoms with E-state index in [-0.39, 0.29) is 12.0 Å². The van der Waals surface area contributed by atoms with Crippen LogP contribution in [0.4, 0.5) is 17.5 Å². The number of pyridine rings is 1. The van der Waals surface area contributed by atoms with Crippen molar-refractivity contribution in [2.24, 2.45) is 0 Å². The third-order valence-corrected chi connectivity index (χ3v) is 8.90. The van der Waals surface area contributed by atoms with Crippen molar-refractivity contribution in [2.75, 3.05) is 50.5 Å². The maximum Gasteiger partial charge on any atom is 0.263 e. The van der Waals surface area contributed by atoms with Gasteiger partial charge in [-0.2, -0.15) is 0 Å². The summed E-state index contributed by atoms with van der Waals surface area (Å²) in [5.41, 5.74) is 3.07. The third kappa shape index (κ3) is 4.42. The molecule has 2 aliphatic heterocycles. The number of thiophene rings is 1. The van der Waals surface area contributed by atoms with E-state index in [1.807, 2.05) is 18.5 Å². The summed E-state index contributed by atoms with van der Waals surface area (Å²) >= 11 is 1.50. The molecule has 3 aromatic heterocycles. The van der Waals surface area contributed by atoms with Gasteiger partial charge in [-0.25, -0.2) is 15.0 Å². The molecule has 190 valence electrons. The lowest BCUT2D eigenvalue weighted by Gasteiger charge is -2.38. The lowest BCUT2D eigenvalue weighted by molar-refractivity contribution is 0.0831. The van der Waals surface area contributed by atoms with E-state index in [1.165, 1.54) is 24.2 Å². The molecule has 3 aliphatic rings. The minimum atomic E-state index is -0.202. The van der Waals surface area contributed by atoms with Crippen molar-refractivity contribution < 1.29 is 9.90 Å². The number of aliphatic hydroxyl groups excluding tert-OH is 1. The fourth-order valence-corrected chi connectivity index (χ4v) is 7.16. The molecule has 2 saturated heterocycles. The first-order chi connectivity index (χ1) is 17.5. The van der Waals surface area contributed by atoms with Crippen LogP contribution in [-0.4, -0.2) is 88.2 Å². The summed E-state index contributed by atoms with van der Waals surface area (Å²) < 4.78 is 0.951. The van der Waals surface area contributed by atoms with Gasteiger partial charge in [0.2, 0.25) is 5.95 Å². The van der Waals surface area contributed by atoms with Crippen molar-refractivity contribution in [2.45, 2.75) is 50.2 Å².